The molecule has 3 amide bonds. The third kappa shape index (κ3) is 12.0. The molecule has 13 heteroatoms. The second kappa shape index (κ2) is 16.2. The number of benzene rings is 1. The van der Waals surface area contributed by atoms with Gasteiger partial charge in [-0.05, 0) is 37.7 Å². The molecule has 1 rings (SSSR count). The third-order valence-corrected chi connectivity index (χ3v) is 5.60. The fraction of sp³-hybridized carbons (Fsp3) is 0.560. The number of carboxylic acid groups (broad SMARTS) is 1. The summed E-state index contributed by atoms with van der Waals surface area (Å²) in [6.45, 7) is 5.29. The van der Waals surface area contributed by atoms with Crippen molar-refractivity contribution in [2.45, 2.75) is 76.7 Å². The number of rotatable bonds is 16. The van der Waals surface area contributed by atoms with Gasteiger partial charge in [0.05, 0.1) is 12.1 Å². The zero-order valence-electron chi connectivity index (χ0n) is 22.1. The van der Waals surface area contributed by atoms with Gasteiger partial charge in [0.25, 0.3) is 0 Å². The molecular weight excluding hydrogens is 494 g/mol. The molecule has 11 N–H and O–H groups in total. The minimum atomic E-state index is -1.46. The molecule has 0 aliphatic rings. The maximum absolute atomic E-state index is 13.1. The van der Waals surface area contributed by atoms with Gasteiger partial charge in [-0.3, -0.25) is 19.4 Å². The Morgan fingerprint density at radius 1 is 0.921 bits per heavy atom. The highest BCUT2D eigenvalue weighted by Gasteiger charge is 2.33. The van der Waals surface area contributed by atoms with Crippen molar-refractivity contribution in [1.29, 1.82) is 0 Å². The van der Waals surface area contributed by atoms with Crippen molar-refractivity contribution in [3.8, 4) is 0 Å². The fourth-order valence-electron chi connectivity index (χ4n) is 3.60. The molecule has 0 spiro atoms. The van der Waals surface area contributed by atoms with E-state index >= 15 is 0 Å². The number of amides is 3. The second-order valence-electron chi connectivity index (χ2n) is 9.56. The summed E-state index contributed by atoms with van der Waals surface area (Å²) in [5.41, 5.74) is 17.2. The lowest BCUT2D eigenvalue weighted by Gasteiger charge is -2.27. The summed E-state index contributed by atoms with van der Waals surface area (Å²) < 4.78 is 0. The number of aliphatic imine (C=N–C) groups is 1. The number of carbonyl (C=O) groups is 4. The predicted molar refractivity (Wildman–Crippen MR) is 143 cm³/mol. The molecular formula is C25H41N7O6. The molecule has 38 heavy (non-hydrogen) atoms. The zero-order chi connectivity index (χ0) is 28.8. The van der Waals surface area contributed by atoms with Crippen LogP contribution >= 0.6 is 0 Å². The molecule has 0 bridgehead atoms. The van der Waals surface area contributed by atoms with Crippen LogP contribution < -0.4 is 33.2 Å². The Kier molecular flexibility index (Phi) is 13.8. The van der Waals surface area contributed by atoms with Crippen molar-refractivity contribution >= 4 is 29.7 Å². The van der Waals surface area contributed by atoms with E-state index in [-0.39, 0.29) is 31.1 Å². The molecule has 0 saturated carbocycles. The lowest BCUT2D eigenvalue weighted by molar-refractivity contribution is -0.143. The van der Waals surface area contributed by atoms with Crippen LogP contribution in [0, 0.1) is 5.92 Å². The van der Waals surface area contributed by atoms with Crippen LogP contribution in [0.3, 0.4) is 0 Å². The van der Waals surface area contributed by atoms with E-state index in [1.807, 2.05) is 13.8 Å². The Balaban J connectivity index is 2.89. The molecule has 13 nitrogen and oxygen atoms in total. The summed E-state index contributed by atoms with van der Waals surface area (Å²) >= 11 is 0. The number of nitrogens with zero attached hydrogens (tertiary/aromatic N) is 1. The van der Waals surface area contributed by atoms with Gasteiger partial charge in [0.2, 0.25) is 17.7 Å². The van der Waals surface area contributed by atoms with Gasteiger partial charge in [-0.15, -0.1) is 0 Å². The summed E-state index contributed by atoms with van der Waals surface area (Å²) in [7, 11) is 0. The van der Waals surface area contributed by atoms with Crippen LogP contribution in [0.5, 0.6) is 0 Å². The number of guanidine groups is 1. The molecule has 0 heterocycles. The van der Waals surface area contributed by atoms with E-state index < -0.39 is 54.0 Å². The minimum absolute atomic E-state index is 0.00905. The number of carbonyl (C=O) groups excluding carboxylic acids is 3. The standard InChI is InChI=1S/C25H41N7O6/c1-14(2)12-18(30-21(34)17(26)10-7-11-29-25(27)28)22(35)32-20(15(3)33)23(36)31-19(24(37)38)13-16-8-5-4-6-9-16/h4-6,8-9,14-15,17-20,33H,7,10-13,26H2,1-3H3,(H,30,34)(H,31,36)(H,32,35)(H,37,38)(H4,27,28,29)/t15-,17+,18+,19+,20+/m1/s1. The second-order valence-corrected chi connectivity index (χ2v) is 9.56. The number of nitrogens with two attached hydrogens (primary N) is 3. The first-order valence-electron chi connectivity index (χ1n) is 12.5. The highest BCUT2D eigenvalue weighted by Crippen LogP contribution is 2.09. The van der Waals surface area contributed by atoms with Crippen LogP contribution in [0.2, 0.25) is 0 Å². The van der Waals surface area contributed by atoms with E-state index in [0.717, 1.165) is 0 Å². The van der Waals surface area contributed by atoms with E-state index in [1.54, 1.807) is 30.3 Å². The minimum Gasteiger partial charge on any atom is -0.480 e. The number of nitrogens with one attached hydrogen (secondary N) is 3. The number of hydrogen-bond donors (Lipinski definition) is 8. The van der Waals surface area contributed by atoms with Gasteiger partial charge < -0.3 is 43.4 Å². The molecule has 1 aromatic rings. The molecule has 0 fully saturated rings. The molecule has 0 aliphatic heterocycles. The number of aliphatic carboxylic acids is 1. The van der Waals surface area contributed by atoms with Crippen LogP contribution in [0.25, 0.3) is 0 Å². The number of aliphatic hydroxyl groups is 1. The van der Waals surface area contributed by atoms with Crippen LogP contribution in [0.4, 0.5) is 0 Å². The monoisotopic (exact) mass is 535 g/mol. The summed E-state index contributed by atoms with van der Waals surface area (Å²) in [6, 6.07) is 4.01. The van der Waals surface area contributed by atoms with Crippen molar-refractivity contribution in [1.82, 2.24) is 16.0 Å². The van der Waals surface area contributed by atoms with Crippen LogP contribution in [0.15, 0.2) is 35.3 Å². The SMILES string of the molecule is CC(C)C[C@H](NC(=O)[C@@H](N)CCCN=C(N)N)C(=O)N[C@H](C(=O)N[C@@H](Cc1ccccc1)C(=O)O)[C@@H](C)O. The van der Waals surface area contributed by atoms with E-state index in [1.165, 1.54) is 6.92 Å². The van der Waals surface area contributed by atoms with E-state index in [9.17, 15) is 29.4 Å². The van der Waals surface area contributed by atoms with Gasteiger partial charge in [0.1, 0.15) is 18.1 Å². The Morgan fingerprint density at radius 2 is 1.53 bits per heavy atom. The fourth-order valence-corrected chi connectivity index (χ4v) is 3.60. The summed E-state index contributed by atoms with van der Waals surface area (Å²) in [5.74, 6) is -3.49. The summed E-state index contributed by atoms with van der Waals surface area (Å²) in [4.78, 5) is 54.2. The first-order chi connectivity index (χ1) is 17.8. The van der Waals surface area contributed by atoms with Gasteiger partial charge in [0, 0.05) is 13.0 Å². The summed E-state index contributed by atoms with van der Waals surface area (Å²) in [5, 5.41) is 27.2. The zero-order valence-corrected chi connectivity index (χ0v) is 22.1. The van der Waals surface area contributed by atoms with Crippen molar-refractivity contribution in [3.63, 3.8) is 0 Å². The first kappa shape index (κ1) is 32.3. The Labute approximate surface area is 222 Å². The van der Waals surface area contributed by atoms with Gasteiger partial charge >= 0.3 is 5.97 Å². The molecule has 0 unspecified atom stereocenters. The quantitative estimate of drug-likeness (QED) is 0.0703. The van der Waals surface area contributed by atoms with Crippen LogP contribution in [0.1, 0.15) is 45.6 Å². The Morgan fingerprint density at radius 3 is 2.05 bits per heavy atom. The van der Waals surface area contributed by atoms with Crippen molar-refractivity contribution in [3.05, 3.63) is 35.9 Å². The van der Waals surface area contributed by atoms with Crippen molar-refractivity contribution in [2.24, 2.45) is 28.1 Å². The molecule has 5 atom stereocenters. The lowest BCUT2D eigenvalue weighted by Crippen LogP contribution is -2.60. The van der Waals surface area contributed by atoms with E-state index in [4.69, 9.17) is 17.2 Å². The predicted octanol–water partition coefficient (Wildman–Crippen LogP) is -1.42. The number of carboxylic acids is 1. The van der Waals surface area contributed by atoms with Gasteiger partial charge in [-0.2, -0.15) is 0 Å². The Bertz CT molecular complexity index is 951. The van der Waals surface area contributed by atoms with Gasteiger partial charge in [-0.25, -0.2) is 4.79 Å². The topological polar surface area (TPSA) is 235 Å². The van der Waals surface area contributed by atoms with E-state index in [0.29, 0.717) is 18.5 Å². The molecule has 212 valence electrons. The third-order valence-electron chi connectivity index (χ3n) is 5.60. The largest absolute Gasteiger partial charge is 0.480 e. The van der Waals surface area contributed by atoms with Gasteiger partial charge in [-0.1, -0.05) is 44.2 Å². The van der Waals surface area contributed by atoms with Crippen molar-refractivity contribution in [2.75, 3.05) is 6.54 Å². The average Bonchev–Trinajstić information content (AvgIpc) is 2.83. The highest BCUT2D eigenvalue weighted by molar-refractivity contribution is 5.94. The number of aliphatic hydroxyl groups excluding tert-OH is 1. The average molecular weight is 536 g/mol. The summed E-state index contributed by atoms with van der Waals surface area (Å²) in [6.07, 6.45) is -0.382. The normalized spacial score (nSPS) is 14.9. The maximum Gasteiger partial charge on any atom is 0.326 e. The molecule has 0 radical (unpaired) electrons. The van der Waals surface area contributed by atoms with Gasteiger partial charge in [0.15, 0.2) is 5.96 Å². The maximum atomic E-state index is 13.1. The molecule has 0 aliphatic carbocycles. The van der Waals surface area contributed by atoms with Crippen LogP contribution in [-0.2, 0) is 25.6 Å². The molecule has 0 saturated heterocycles. The highest BCUT2D eigenvalue weighted by atomic mass is 16.4. The van der Waals surface area contributed by atoms with Crippen LogP contribution in [-0.4, -0.2) is 76.7 Å². The van der Waals surface area contributed by atoms with Crippen molar-refractivity contribution < 1.29 is 29.4 Å². The number of hydrogen-bond acceptors (Lipinski definition) is 7. The molecule has 0 aromatic heterocycles. The lowest BCUT2D eigenvalue weighted by atomic mass is 10.0. The first-order valence-corrected chi connectivity index (χ1v) is 12.5. The smallest absolute Gasteiger partial charge is 0.326 e. The Hall–Kier alpha value is -3.71. The molecule has 1 aromatic carbocycles. The van der Waals surface area contributed by atoms with E-state index in [2.05, 4.69) is 20.9 Å².